The van der Waals surface area contributed by atoms with Gasteiger partial charge in [0.2, 0.25) is 0 Å². The van der Waals surface area contributed by atoms with Crippen molar-refractivity contribution in [2.75, 3.05) is 13.2 Å². The Morgan fingerprint density at radius 2 is 1.97 bits per heavy atom. The van der Waals surface area contributed by atoms with E-state index in [1.807, 2.05) is 35.8 Å². The first-order chi connectivity index (χ1) is 16.4. The number of para-hydroxylation sites is 1. The van der Waals surface area contributed by atoms with Gasteiger partial charge in [0.15, 0.2) is 0 Å². The standard InChI is InChI=1S/C25H22ClFN2O4S/c1-2-3-11-33-23(30)15-29-24(31)22(34-25(29)32)12-16-13-28(21-10-5-4-7-17(16)21)14-18-19(26)8-6-9-20(18)27/h4-10,12-13H,2-3,11,14-15H2,1H3/b22-12+. The first-order valence-corrected chi connectivity index (χ1v) is 12.0. The average molecular weight is 501 g/mol. The molecule has 2 aromatic carbocycles. The number of esters is 1. The van der Waals surface area contributed by atoms with Crippen LogP contribution in [0.5, 0.6) is 0 Å². The molecule has 0 aliphatic carbocycles. The van der Waals surface area contributed by atoms with Crippen molar-refractivity contribution in [3.63, 3.8) is 0 Å². The zero-order valence-electron chi connectivity index (χ0n) is 18.4. The maximum absolute atomic E-state index is 14.4. The molecule has 1 aliphatic heterocycles. The van der Waals surface area contributed by atoms with Crippen molar-refractivity contribution in [1.82, 2.24) is 9.47 Å². The molecule has 9 heteroatoms. The molecule has 0 saturated carbocycles. The van der Waals surface area contributed by atoms with E-state index in [9.17, 15) is 18.8 Å². The van der Waals surface area contributed by atoms with Crippen LogP contribution in [-0.4, -0.2) is 39.7 Å². The SMILES string of the molecule is CCCCOC(=O)CN1C(=O)S/C(=C/c2cn(Cc3c(F)cccc3Cl)c3ccccc23)C1=O. The van der Waals surface area contributed by atoms with Gasteiger partial charge in [0.05, 0.1) is 18.1 Å². The number of hydrogen-bond donors (Lipinski definition) is 0. The molecular formula is C25H22ClFN2O4S. The molecule has 0 unspecified atom stereocenters. The van der Waals surface area contributed by atoms with E-state index in [1.54, 1.807) is 24.4 Å². The topological polar surface area (TPSA) is 68.6 Å². The minimum absolute atomic E-state index is 0.199. The Morgan fingerprint density at radius 3 is 2.74 bits per heavy atom. The molecule has 0 bridgehead atoms. The summed E-state index contributed by atoms with van der Waals surface area (Å²) in [6.07, 6.45) is 5.00. The molecule has 2 heterocycles. The van der Waals surface area contributed by atoms with E-state index >= 15 is 0 Å². The Hall–Kier alpha value is -3.10. The third-order valence-electron chi connectivity index (χ3n) is 5.42. The van der Waals surface area contributed by atoms with E-state index < -0.39 is 29.5 Å². The predicted molar refractivity (Wildman–Crippen MR) is 131 cm³/mol. The fourth-order valence-corrected chi connectivity index (χ4v) is 4.71. The van der Waals surface area contributed by atoms with Gasteiger partial charge < -0.3 is 9.30 Å². The molecule has 1 aliphatic rings. The van der Waals surface area contributed by atoms with Crippen LogP contribution in [0.4, 0.5) is 9.18 Å². The van der Waals surface area contributed by atoms with Gasteiger partial charge in [0.1, 0.15) is 12.4 Å². The second-order valence-electron chi connectivity index (χ2n) is 7.77. The maximum Gasteiger partial charge on any atom is 0.326 e. The Balaban J connectivity index is 1.61. The molecule has 34 heavy (non-hydrogen) atoms. The summed E-state index contributed by atoms with van der Waals surface area (Å²) >= 11 is 6.99. The van der Waals surface area contributed by atoms with Crippen LogP contribution in [0, 0.1) is 5.82 Å². The number of halogens is 2. The average Bonchev–Trinajstić information content (AvgIpc) is 3.29. The highest BCUT2D eigenvalue weighted by Gasteiger charge is 2.36. The minimum atomic E-state index is -0.615. The van der Waals surface area contributed by atoms with Crippen LogP contribution in [0.2, 0.25) is 5.02 Å². The normalized spacial score (nSPS) is 15.0. The summed E-state index contributed by atoms with van der Waals surface area (Å²) in [5.74, 6) is -1.56. The molecule has 4 rings (SSSR count). The smallest absolute Gasteiger partial charge is 0.326 e. The predicted octanol–water partition coefficient (Wildman–Crippen LogP) is 5.86. The van der Waals surface area contributed by atoms with E-state index in [2.05, 4.69) is 0 Å². The zero-order chi connectivity index (χ0) is 24.2. The number of carbonyl (C=O) groups excluding carboxylic acids is 3. The second kappa shape index (κ2) is 10.4. The summed E-state index contributed by atoms with van der Waals surface area (Å²) in [5.41, 5.74) is 1.88. The van der Waals surface area contributed by atoms with E-state index in [-0.39, 0.29) is 18.1 Å². The number of nitrogens with zero attached hydrogens (tertiary/aromatic N) is 2. The van der Waals surface area contributed by atoms with Crippen LogP contribution < -0.4 is 0 Å². The lowest BCUT2D eigenvalue weighted by Crippen LogP contribution is -2.34. The van der Waals surface area contributed by atoms with Crippen LogP contribution >= 0.6 is 23.4 Å². The number of aromatic nitrogens is 1. The van der Waals surface area contributed by atoms with Gasteiger partial charge in [0.25, 0.3) is 11.1 Å². The van der Waals surface area contributed by atoms with Gasteiger partial charge in [-0.25, -0.2) is 4.39 Å². The van der Waals surface area contributed by atoms with E-state index in [4.69, 9.17) is 16.3 Å². The van der Waals surface area contributed by atoms with Crippen LogP contribution in [0.15, 0.2) is 53.6 Å². The largest absolute Gasteiger partial charge is 0.464 e. The van der Waals surface area contributed by atoms with Gasteiger partial charge in [-0.2, -0.15) is 0 Å². The second-order valence-corrected chi connectivity index (χ2v) is 9.17. The monoisotopic (exact) mass is 500 g/mol. The van der Waals surface area contributed by atoms with Crippen molar-refractivity contribution in [1.29, 1.82) is 0 Å². The first kappa shape index (κ1) is 24.0. The fraction of sp³-hybridized carbons (Fsp3) is 0.240. The lowest BCUT2D eigenvalue weighted by Gasteiger charge is -2.11. The van der Waals surface area contributed by atoms with Gasteiger partial charge in [-0.15, -0.1) is 0 Å². The number of unbranched alkanes of at least 4 members (excludes halogenated alkanes) is 1. The van der Waals surface area contributed by atoms with Crippen molar-refractivity contribution < 1.29 is 23.5 Å². The van der Waals surface area contributed by atoms with Gasteiger partial charge in [-0.05, 0) is 42.5 Å². The van der Waals surface area contributed by atoms with Crippen molar-refractivity contribution in [3.8, 4) is 0 Å². The van der Waals surface area contributed by atoms with Crippen LogP contribution in [0.1, 0.15) is 30.9 Å². The summed E-state index contributed by atoms with van der Waals surface area (Å²) in [4.78, 5) is 38.3. The quantitative estimate of drug-likeness (QED) is 0.220. The van der Waals surface area contributed by atoms with Crippen LogP contribution in [-0.2, 0) is 20.9 Å². The van der Waals surface area contributed by atoms with E-state index in [0.29, 0.717) is 16.1 Å². The molecule has 1 saturated heterocycles. The van der Waals surface area contributed by atoms with Gasteiger partial charge in [0, 0.05) is 33.2 Å². The Morgan fingerprint density at radius 1 is 1.18 bits per heavy atom. The minimum Gasteiger partial charge on any atom is -0.464 e. The summed E-state index contributed by atoms with van der Waals surface area (Å²) in [5, 5.41) is 0.637. The van der Waals surface area contributed by atoms with E-state index in [0.717, 1.165) is 40.4 Å². The van der Waals surface area contributed by atoms with Gasteiger partial charge >= 0.3 is 5.97 Å². The molecule has 0 N–H and O–H groups in total. The van der Waals surface area contributed by atoms with Crippen molar-refractivity contribution in [3.05, 3.63) is 75.5 Å². The highest BCUT2D eigenvalue weighted by atomic mass is 35.5. The third-order valence-corrected chi connectivity index (χ3v) is 6.68. The lowest BCUT2D eigenvalue weighted by atomic mass is 10.1. The molecule has 3 aromatic rings. The number of rotatable bonds is 8. The molecule has 1 aromatic heterocycles. The molecular weight excluding hydrogens is 479 g/mol. The number of hydrogen-bond acceptors (Lipinski definition) is 5. The molecule has 0 atom stereocenters. The molecule has 1 fully saturated rings. The number of fused-ring (bicyclic) bond motifs is 1. The van der Waals surface area contributed by atoms with Crippen molar-refractivity contribution in [2.45, 2.75) is 26.3 Å². The summed E-state index contributed by atoms with van der Waals surface area (Å²) in [6.45, 7) is 2.01. The molecule has 176 valence electrons. The van der Waals surface area contributed by atoms with Crippen molar-refractivity contribution in [2.24, 2.45) is 0 Å². The third kappa shape index (κ3) is 5.03. The first-order valence-electron chi connectivity index (χ1n) is 10.8. The number of benzene rings is 2. The van der Waals surface area contributed by atoms with Crippen LogP contribution in [0.3, 0.4) is 0 Å². The Bertz CT molecular complexity index is 1280. The number of imide groups is 1. The van der Waals surface area contributed by atoms with Crippen molar-refractivity contribution >= 4 is 57.5 Å². The fourth-order valence-electron chi connectivity index (χ4n) is 3.66. The van der Waals surface area contributed by atoms with Crippen LogP contribution in [0.25, 0.3) is 17.0 Å². The highest BCUT2D eigenvalue weighted by molar-refractivity contribution is 8.18. The Labute approximate surface area is 205 Å². The summed E-state index contributed by atoms with van der Waals surface area (Å²) in [7, 11) is 0. The molecule has 0 spiro atoms. The maximum atomic E-state index is 14.4. The van der Waals surface area contributed by atoms with Gasteiger partial charge in [-0.1, -0.05) is 49.2 Å². The highest BCUT2D eigenvalue weighted by Crippen LogP contribution is 2.34. The molecule has 2 amide bonds. The van der Waals surface area contributed by atoms with Gasteiger partial charge in [-0.3, -0.25) is 19.3 Å². The lowest BCUT2D eigenvalue weighted by molar-refractivity contribution is -0.146. The molecule has 6 nitrogen and oxygen atoms in total. The number of thioether (sulfide) groups is 1. The van der Waals surface area contributed by atoms with E-state index in [1.165, 1.54) is 6.07 Å². The summed E-state index contributed by atoms with van der Waals surface area (Å²) in [6, 6.07) is 12.0. The number of amides is 2. The zero-order valence-corrected chi connectivity index (χ0v) is 20.0. The number of ether oxygens (including phenoxy) is 1. The Kier molecular flexibility index (Phi) is 7.38. The number of carbonyl (C=O) groups is 3. The molecule has 0 radical (unpaired) electrons. The summed E-state index contributed by atoms with van der Waals surface area (Å²) < 4.78 is 21.3.